The molecule has 60 valence electrons. The first-order valence-electron chi connectivity index (χ1n) is 2.90. The molecule has 0 saturated heterocycles. The minimum Gasteiger partial charge on any atom is -0.389 e. The summed E-state index contributed by atoms with van der Waals surface area (Å²) in [6.45, 7) is 1.60. The molecule has 0 aromatic rings. The Bertz CT molecular complexity index is 117. The molecule has 4 heteroatoms. The second kappa shape index (κ2) is 3.61. The van der Waals surface area contributed by atoms with Crippen LogP contribution in [0.3, 0.4) is 0 Å². The highest BCUT2D eigenvalue weighted by molar-refractivity contribution is 4.93. The van der Waals surface area contributed by atoms with Crippen molar-refractivity contribution in [2.45, 2.75) is 25.6 Å². The summed E-state index contributed by atoms with van der Waals surface area (Å²) in [6.07, 6.45) is -4.22. The molecule has 0 aromatic heterocycles. The fraction of sp³-hybridized carbons (Fsp3) is 0.667. The first kappa shape index (κ1) is 9.49. The zero-order valence-electron chi connectivity index (χ0n) is 5.52. The highest BCUT2D eigenvalue weighted by Crippen LogP contribution is 2.16. The zero-order valence-corrected chi connectivity index (χ0v) is 5.52. The van der Waals surface area contributed by atoms with Crippen LogP contribution in [0.1, 0.15) is 13.3 Å². The Balaban J connectivity index is 3.75. The van der Waals surface area contributed by atoms with Crippen LogP contribution in [0.2, 0.25) is 0 Å². The van der Waals surface area contributed by atoms with Gasteiger partial charge in [-0.1, -0.05) is 13.0 Å². The molecular formula is C6H9F3O. The minimum absolute atomic E-state index is 0.0428. The molecule has 0 aromatic carbocycles. The topological polar surface area (TPSA) is 20.2 Å². The van der Waals surface area contributed by atoms with E-state index in [1.54, 1.807) is 6.92 Å². The van der Waals surface area contributed by atoms with Gasteiger partial charge < -0.3 is 5.11 Å². The van der Waals surface area contributed by atoms with Gasteiger partial charge in [0.2, 0.25) is 0 Å². The molecule has 0 aliphatic rings. The van der Waals surface area contributed by atoms with Crippen LogP contribution in [0.25, 0.3) is 0 Å². The van der Waals surface area contributed by atoms with Gasteiger partial charge in [-0.05, 0) is 6.42 Å². The van der Waals surface area contributed by atoms with Gasteiger partial charge in [0.05, 0.1) is 6.10 Å². The number of rotatable bonds is 2. The third-order valence-corrected chi connectivity index (χ3v) is 0.926. The van der Waals surface area contributed by atoms with Crippen molar-refractivity contribution in [3.05, 3.63) is 12.2 Å². The molecule has 0 saturated carbocycles. The van der Waals surface area contributed by atoms with Crippen molar-refractivity contribution in [2.24, 2.45) is 0 Å². The van der Waals surface area contributed by atoms with Gasteiger partial charge in [-0.25, -0.2) is 0 Å². The first-order chi connectivity index (χ1) is 4.45. The van der Waals surface area contributed by atoms with Crippen molar-refractivity contribution < 1.29 is 18.3 Å². The van der Waals surface area contributed by atoms with Crippen molar-refractivity contribution in [2.75, 3.05) is 0 Å². The van der Waals surface area contributed by atoms with Gasteiger partial charge in [-0.2, -0.15) is 13.2 Å². The smallest absolute Gasteiger partial charge is 0.389 e. The Morgan fingerprint density at radius 3 is 2.30 bits per heavy atom. The molecule has 1 atom stereocenters. The summed E-state index contributed by atoms with van der Waals surface area (Å²) in [5.74, 6) is 0. The van der Waals surface area contributed by atoms with E-state index in [0.29, 0.717) is 6.42 Å². The molecule has 0 bridgehead atoms. The molecule has 0 spiro atoms. The van der Waals surface area contributed by atoms with Gasteiger partial charge >= 0.3 is 6.18 Å². The van der Waals surface area contributed by atoms with Crippen molar-refractivity contribution in [3.8, 4) is 0 Å². The van der Waals surface area contributed by atoms with Gasteiger partial charge in [0.15, 0.2) is 0 Å². The molecule has 0 radical (unpaired) electrons. The third-order valence-electron chi connectivity index (χ3n) is 0.926. The van der Waals surface area contributed by atoms with Crippen LogP contribution in [-0.4, -0.2) is 17.4 Å². The molecule has 1 unspecified atom stereocenters. The molecule has 1 N–H and O–H groups in total. The third kappa shape index (κ3) is 5.62. The Morgan fingerprint density at radius 1 is 1.50 bits per heavy atom. The molecule has 10 heavy (non-hydrogen) atoms. The summed E-state index contributed by atoms with van der Waals surface area (Å²) in [5, 5.41) is 8.63. The summed E-state index contributed by atoms with van der Waals surface area (Å²) in [6, 6.07) is 0. The normalized spacial score (nSPS) is 16.1. The van der Waals surface area contributed by atoms with Crippen LogP contribution < -0.4 is 0 Å². The van der Waals surface area contributed by atoms with E-state index >= 15 is 0 Å². The largest absolute Gasteiger partial charge is 0.409 e. The van der Waals surface area contributed by atoms with E-state index in [9.17, 15) is 13.2 Å². The number of hydrogen-bond acceptors (Lipinski definition) is 1. The molecule has 0 heterocycles. The van der Waals surface area contributed by atoms with Gasteiger partial charge in [0, 0.05) is 6.08 Å². The highest BCUT2D eigenvalue weighted by Gasteiger charge is 2.22. The number of halogens is 3. The predicted molar refractivity (Wildman–Crippen MR) is 31.5 cm³/mol. The van der Waals surface area contributed by atoms with E-state index in [2.05, 4.69) is 0 Å². The monoisotopic (exact) mass is 154 g/mol. The summed E-state index contributed by atoms with van der Waals surface area (Å²) in [5.41, 5.74) is 0. The molecule has 0 amide bonds. The van der Waals surface area contributed by atoms with E-state index < -0.39 is 12.3 Å². The van der Waals surface area contributed by atoms with E-state index in [-0.39, 0.29) is 6.08 Å². The van der Waals surface area contributed by atoms with Crippen LogP contribution in [-0.2, 0) is 0 Å². The average Bonchev–Trinajstić information content (AvgIpc) is 1.81. The maximum atomic E-state index is 11.4. The van der Waals surface area contributed by atoms with E-state index in [1.165, 1.54) is 0 Å². The number of aliphatic hydroxyl groups excluding tert-OH is 1. The Morgan fingerprint density at radius 2 is 2.00 bits per heavy atom. The standard InChI is InChI=1S/C6H9F3O/c1-2-5(10)3-4-6(7,8)9/h3-5,10H,2H2,1H3. The summed E-state index contributed by atoms with van der Waals surface area (Å²) in [7, 11) is 0. The van der Waals surface area contributed by atoms with Crippen molar-refractivity contribution in [1.29, 1.82) is 0 Å². The fourth-order valence-electron chi connectivity index (χ4n) is 0.356. The second-order valence-corrected chi connectivity index (χ2v) is 1.88. The van der Waals surface area contributed by atoms with E-state index in [4.69, 9.17) is 5.11 Å². The summed E-state index contributed by atoms with van der Waals surface area (Å²) >= 11 is 0. The molecule has 0 fully saturated rings. The SMILES string of the molecule is CCC(O)C=CC(F)(F)F. The van der Waals surface area contributed by atoms with E-state index in [0.717, 1.165) is 6.08 Å². The number of aliphatic hydroxyl groups is 1. The lowest BCUT2D eigenvalue weighted by Gasteiger charge is -2.00. The molecule has 0 aliphatic carbocycles. The summed E-state index contributed by atoms with van der Waals surface area (Å²) < 4.78 is 34.1. The maximum absolute atomic E-state index is 11.4. The van der Waals surface area contributed by atoms with Crippen molar-refractivity contribution in [1.82, 2.24) is 0 Å². The van der Waals surface area contributed by atoms with Crippen molar-refractivity contribution >= 4 is 0 Å². The Kier molecular flexibility index (Phi) is 3.42. The van der Waals surface area contributed by atoms with Gasteiger partial charge in [0.1, 0.15) is 0 Å². The minimum atomic E-state index is -4.31. The van der Waals surface area contributed by atoms with E-state index in [1.807, 2.05) is 0 Å². The average molecular weight is 154 g/mol. The molecular weight excluding hydrogens is 145 g/mol. The van der Waals surface area contributed by atoms with Gasteiger partial charge in [0.25, 0.3) is 0 Å². The Labute approximate surface area is 57.2 Å². The number of alkyl halides is 3. The lowest BCUT2D eigenvalue weighted by Crippen LogP contribution is -2.05. The quantitative estimate of drug-likeness (QED) is 0.602. The molecule has 0 rings (SSSR count). The first-order valence-corrected chi connectivity index (χ1v) is 2.90. The highest BCUT2D eigenvalue weighted by atomic mass is 19.4. The number of allylic oxidation sites excluding steroid dienone is 1. The van der Waals surface area contributed by atoms with Crippen molar-refractivity contribution in [3.63, 3.8) is 0 Å². The lowest BCUT2D eigenvalue weighted by molar-refractivity contribution is -0.0805. The van der Waals surface area contributed by atoms with Crippen LogP contribution in [0.4, 0.5) is 13.2 Å². The predicted octanol–water partition coefficient (Wildman–Crippen LogP) is 1.88. The van der Waals surface area contributed by atoms with Crippen LogP contribution in [0.15, 0.2) is 12.2 Å². The van der Waals surface area contributed by atoms with Crippen LogP contribution >= 0.6 is 0 Å². The lowest BCUT2D eigenvalue weighted by atomic mass is 10.2. The van der Waals surface area contributed by atoms with Crippen LogP contribution in [0.5, 0.6) is 0 Å². The maximum Gasteiger partial charge on any atom is 0.409 e. The van der Waals surface area contributed by atoms with Gasteiger partial charge in [-0.15, -0.1) is 0 Å². The fourth-order valence-corrected chi connectivity index (χ4v) is 0.356. The summed E-state index contributed by atoms with van der Waals surface area (Å²) in [4.78, 5) is 0. The van der Waals surface area contributed by atoms with Gasteiger partial charge in [-0.3, -0.25) is 0 Å². The number of hydrogen-bond donors (Lipinski definition) is 1. The van der Waals surface area contributed by atoms with Crippen LogP contribution in [0, 0.1) is 0 Å². The molecule has 1 nitrogen and oxygen atoms in total. The second-order valence-electron chi connectivity index (χ2n) is 1.88. The molecule has 0 aliphatic heterocycles. The zero-order chi connectivity index (χ0) is 8.20. The Hall–Kier alpha value is -0.510.